The van der Waals surface area contributed by atoms with Crippen molar-refractivity contribution in [3.05, 3.63) is 58.3 Å². The number of hydrogen-bond acceptors (Lipinski definition) is 3. The van der Waals surface area contributed by atoms with Gasteiger partial charge in [0.2, 0.25) is 0 Å². The molecule has 0 fully saturated rings. The molecule has 0 bridgehead atoms. The van der Waals surface area contributed by atoms with E-state index in [1.165, 1.54) is 6.20 Å². The van der Waals surface area contributed by atoms with Crippen LogP contribution in [-0.4, -0.2) is 16.8 Å². The maximum Gasteiger partial charge on any atom is 0.284 e. The van der Waals surface area contributed by atoms with Gasteiger partial charge < -0.3 is 0 Å². The van der Waals surface area contributed by atoms with Gasteiger partial charge in [-0.25, -0.2) is 4.90 Å². The number of amides is 2. The Morgan fingerprint density at radius 3 is 2.61 bits per heavy atom. The summed E-state index contributed by atoms with van der Waals surface area (Å²) in [7, 11) is 0. The van der Waals surface area contributed by atoms with E-state index in [-0.39, 0.29) is 17.5 Å². The first kappa shape index (κ1) is 11.1. The fourth-order valence-corrected chi connectivity index (χ4v) is 2.30. The summed E-state index contributed by atoms with van der Waals surface area (Å²) >= 11 is 3.32. The summed E-state index contributed by atoms with van der Waals surface area (Å²) in [4.78, 5) is 29.4. The topological polar surface area (TPSA) is 50.3 Å². The molecule has 1 aliphatic heterocycles. The van der Waals surface area contributed by atoms with E-state index in [0.717, 1.165) is 9.37 Å². The molecule has 2 aromatic rings. The number of benzene rings is 1. The Morgan fingerprint density at radius 1 is 1.06 bits per heavy atom. The molecule has 0 saturated heterocycles. The molecule has 0 saturated carbocycles. The van der Waals surface area contributed by atoms with Gasteiger partial charge in [0.05, 0.1) is 11.3 Å². The van der Waals surface area contributed by atoms with Crippen LogP contribution in [0.3, 0.4) is 0 Å². The zero-order valence-electron chi connectivity index (χ0n) is 9.13. The fraction of sp³-hybridized carbons (Fsp3) is 0. The predicted octanol–water partition coefficient (Wildman–Crippen LogP) is 2.64. The molecule has 18 heavy (non-hydrogen) atoms. The Hall–Kier alpha value is -2.01. The molecule has 4 nitrogen and oxygen atoms in total. The molecular formula is C13H7BrN2O2. The number of aromatic nitrogens is 1. The second-order valence-corrected chi connectivity index (χ2v) is 4.74. The first-order chi connectivity index (χ1) is 8.68. The van der Waals surface area contributed by atoms with E-state index in [1.54, 1.807) is 30.3 Å². The number of carbonyl (C=O) groups excluding carboxylic acids is 2. The number of halogens is 1. The smallest absolute Gasteiger partial charge is 0.268 e. The Bertz CT molecular complexity index is 635. The second-order valence-electron chi connectivity index (χ2n) is 3.83. The number of anilines is 1. The van der Waals surface area contributed by atoms with Crippen molar-refractivity contribution in [1.29, 1.82) is 0 Å². The highest BCUT2D eigenvalue weighted by molar-refractivity contribution is 9.10. The number of rotatable bonds is 1. The van der Waals surface area contributed by atoms with Crippen LogP contribution in [0.5, 0.6) is 0 Å². The molecule has 0 aliphatic carbocycles. The van der Waals surface area contributed by atoms with Gasteiger partial charge in [-0.1, -0.05) is 22.0 Å². The minimum atomic E-state index is -0.381. The van der Waals surface area contributed by atoms with Gasteiger partial charge in [0.1, 0.15) is 5.69 Å². The molecule has 5 heteroatoms. The van der Waals surface area contributed by atoms with Gasteiger partial charge in [0, 0.05) is 10.7 Å². The number of hydrogen-bond donors (Lipinski definition) is 0. The maximum absolute atomic E-state index is 12.2. The van der Waals surface area contributed by atoms with Crippen molar-refractivity contribution in [2.45, 2.75) is 0 Å². The molecule has 0 spiro atoms. The van der Waals surface area contributed by atoms with E-state index in [0.29, 0.717) is 11.3 Å². The largest absolute Gasteiger partial charge is 0.284 e. The molecule has 0 N–H and O–H groups in total. The minimum Gasteiger partial charge on any atom is -0.268 e. The molecule has 1 aliphatic rings. The maximum atomic E-state index is 12.2. The molecule has 3 rings (SSSR count). The predicted molar refractivity (Wildman–Crippen MR) is 69.5 cm³/mol. The van der Waals surface area contributed by atoms with E-state index in [2.05, 4.69) is 20.9 Å². The van der Waals surface area contributed by atoms with Crippen LogP contribution in [0.4, 0.5) is 5.69 Å². The summed E-state index contributed by atoms with van der Waals surface area (Å²) < 4.78 is 0.810. The number of nitrogens with zero attached hydrogens (tertiary/aromatic N) is 2. The first-order valence-corrected chi connectivity index (χ1v) is 6.07. The molecular weight excluding hydrogens is 296 g/mol. The molecule has 88 valence electrons. The quantitative estimate of drug-likeness (QED) is 0.761. The first-order valence-electron chi connectivity index (χ1n) is 5.28. The van der Waals surface area contributed by atoms with Crippen LogP contribution in [0.25, 0.3) is 0 Å². The van der Waals surface area contributed by atoms with Crippen LogP contribution in [-0.2, 0) is 0 Å². The van der Waals surface area contributed by atoms with Crippen LogP contribution < -0.4 is 4.90 Å². The van der Waals surface area contributed by atoms with E-state index in [9.17, 15) is 9.59 Å². The van der Waals surface area contributed by atoms with Gasteiger partial charge >= 0.3 is 0 Å². The van der Waals surface area contributed by atoms with Crippen molar-refractivity contribution >= 4 is 33.4 Å². The molecule has 2 amide bonds. The summed E-state index contributed by atoms with van der Waals surface area (Å²) in [5, 5.41) is 0. The number of pyridine rings is 1. The minimum absolute atomic E-state index is 0.211. The lowest BCUT2D eigenvalue weighted by Crippen LogP contribution is -2.29. The summed E-state index contributed by atoms with van der Waals surface area (Å²) in [5.41, 5.74) is 1.10. The van der Waals surface area contributed by atoms with E-state index in [1.807, 2.05) is 6.07 Å². The van der Waals surface area contributed by atoms with Crippen LogP contribution >= 0.6 is 15.9 Å². The lowest BCUT2D eigenvalue weighted by atomic mass is 10.2. The Labute approximate surface area is 111 Å². The van der Waals surface area contributed by atoms with E-state index < -0.39 is 0 Å². The van der Waals surface area contributed by atoms with Crippen molar-refractivity contribution in [3.8, 4) is 0 Å². The highest BCUT2D eigenvalue weighted by Crippen LogP contribution is 2.28. The van der Waals surface area contributed by atoms with Gasteiger partial charge in [-0.2, -0.15) is 0 Å². The van der Waals surface area contributed by atoms with Crippen LogP contribution in [0.2, 0.25) is 0 Å². The normalized spacial score (nSPS) is 13.9. The average molecular weight is 303 g/mol. The zero-order chi connectivity index (χ0) is 12.7. The molecule has 0 radical (unpaired) electrons. The average Bonchev–Trinajstić information content (AvgIpc) is 2.63. The lowest BCUT2D eigenvalue weighted by molar-refractivity contribution is 0.0924. The SMILES string of the molecule is O=C1c2cccnc2C(=O)N1c1cccc(Br)c1. The monoisotopic (exact) mass is 302 g/mol. The standard InChI is InChI=1S/C13H7BrN2O2/c14-8-3-1-4-9(7-8)16-12(17)10-5-2-6-15-11(10)13(16)18/h1-7H. The third-order valence-corrected chi connectivity index (χ3v) is 3.21. The van der Waals surface area contributed by atoms with Gasteiger partial charge in [-0.05, 0) is 30.3 Å². The molecule has 0 atom stereocenters. The van der Waals surface area contributed by atoms with Gasteiger partial charge in [0.25, 0.3) is 11.8 Å². The van der Waals surface area contributed by atoms with Crippen LogP contribution in [0.1, 0.15) is 20.8 Å². The zero-order valence-corrected chi connectivity index (χ0v) is 10.7. The third-order valence-electron chi connectivity index (χ3n) is 2.71. The Balaban J connectivity index is 2.12. The van der Waals surface area contributed by atoms with Gasteiger partial charge in [-0.15, -0.1) is 0 Å². The number of carbonyl (C=O) groups is 2. The molecule has 1 aromatic heterocycles. The summed E-state index contributed by atoms with van der Waals surface area (Å²) in [5.74, 6) is -0.713. The van der Waals surface area contributed by atoms with Crippen molar-refractivity contribution in [1.82, 2.24) is 4.98 Å². The third kappa shape index (κ3) is 1.55. The summed E-state index contributed by atoms with van der Waals surface area (Å²) in [6.07, 6.45) is 1.51. The van der Waals surface area contributed by atoms with E-state index in [4.69, 9.17) is 0 Å². The number of imide groups is 1. The molecule has 2 heterocycles. The summed E-state index contributed by atoms with van der Waals surface area (Å²) in [6, 6.07) is 10.3. The fourth-order valence-electron chi connectivity index (χ4n) is 1.92. The van der Waals surface area contributed by atoms with Crippen molar-refractivity contribution in [3.63, 3.8) is 0 Å². The Kier molecular flexibility index (Phi) is 2.48. The lowest BCUT2D eigenvalue weighted by Gasteiger charge is -2.13. The van der Waals surface area contributed by atoms with Gasteiger partial charge in [0.15, 0.2) is 0 Å². The van der Waals surface area contributed by atoms with Crippen LogP contribution in [0.15, 0.2) is 47.1 Å². The van der Waals surface area contributed by atoms with Crippen molar-refractivity contribution in [2.75, 3.05) is 4.90 Å². The van der Waals surface area contributed by atoms with Crippen LogP contribution in [0, 0.1) is 0 Å². The van der Waals surface area contributed by atoms with E-state index >= 15 is 0 Å². The molecule has 1 aromatic carbocycles. The highest BCUT2D eigenvalue weighted by Gasteiger charge is 2.37. The van der Waals surface area contributed by atoms with Crippen molar-refractivity contribution in [2.24, 2.45) is 0 Å². The Morgan fingerprint density at radius 2 is 1.89 bits per heavy atom. The van der Waals surface area contributed by atoms with Gasteiger partial charge in [-0.3, -0.25) is 14.6 Å². The second kappa shape index (κ2) is 4.03. The highest BCUT2D eigenvalue weighted by atomic mass is 79.9. The summed E-state index contributed by atoms with van der Waals surface area (Å²) in [6.45, 7) is 0. The number of fused-ring (bicyclic) bond motifs is 1. The molecule has 0 unspecified atom stereocenters. The van der Waals surface area contributed by atoms with Crippen molar-refractivity contribution < 1.29 is 9.59 Å².